The summed E-state index contributed by atoms with van der Waals surface area (Å²) in [6, 6.07) is 0.518. The highest BCUT2D eigenvalue weighted by atomic mass is 16.5. The Hall–Kier alpha value is -0.120. The van der Waals surface area contributed by atoms with Gasteiger partial charge in [-0.25, -0.2) is 0 Å². The zero-order chi connectivity index (χ0) is 14.1. The standard InChI is InChI=1S/C16H33NO2/c1-5-7-17-15-12-13(3)11-14(4)16(15)19-10-9-18-8-6-2/h13-17H,5-12H2,1-4H3. The molecule has 1 N–H and O–H groups in total. The Morgan fingerprint density at radius 3 is 2.47 bits per heavy atom. The minimum atomic E-state index is 0.355. The quantitative estimate of drug-likeness (QED) is 0.653. The van der Waals surface area contributed by atoms with Crippen LogP contribution in [0.5, 0.6) is 0 Å². The third kappa shape index (κ3) is 6.24. The van der Waals surface area contributed by atoms with Crippen LogP contribution in [0.25, 0.3) is 0 Å². The van der Waals surface area contributed by atoms with Crippen molar-refractivity contribution in [2.24, 2.45) is 11.8 Å². The van der Waals surface area contributed by atoms with Crippen molar-refractivity contribution in [1.82, 2.24) is 5.32 Å². The molecule has 3 nitrogen and oxygen atoms in total. The van der Waals surface area contributed by atoms with Gasteiger partial charge in [0.15, 0.2) is 0 Å². The Kier molecular flexibility index (Phi) is 8.67. The summed E-state index contributed by atoms with van der Waals surface area (Å²) in [6.07, 6.45) is 5.15. The molecule has 1 aliphatic rings. The minimum absolute atomic E-state index is 0.355. The van der Waals surface area contributed by atoms with Crippen LogP contribution in [-0.2, 0) is 9.47 Å². The lowest BCUT2D eigenvalue weighted by molar-refractivity contribution is -0.0576. The minimum Gasteiger partial charge on any atom is -0.379 e. The molecule has 1 aliphatic carbocycles. The van der Waals surface area contributed by atoms with E-state index in [9.17, 15) is 0 Å². The summed E-state index contributed by atoms with van der Waals surface area (Å²) >= 11 is 0. The fourth-order valence-electron chi connectivity index (χ4n) is 3.13. The number of rotatable bonds is 9. The Morgan fingerprint density at radius 2 is 1.79 bits per heavy atom. The van der Waals surface area contributed by atoms with Crippen molar-refractivity contribution in [3.05, 3.63) is 0 Å². The highest BCUT2D eigenvalue weighted by Gasteiger charge is 2.34. The Bertz CT molecular complexity index is 223. The molecule has 0 aromatic rings. The molecule has 114 valence electrons. The van der Waals surface area contributed by atoms with Crippen molar-refractivity contribution in [1.29, 1.82) is 0 Å². The largest absolute Gasteiger partial charge is 0.379 e. The topological polar surface area (TPSA) is 30.5 Å². The zero-order valence-corrected chi connectivity index (χ0v) is 13.3. The Labute approximate surface area is 119 Å². The molecule has 0 radical (unpaired) electrons. The van der Waals surface area contributed by atoms with Crippen molar-refractivity contribution in [3.8, 4) is 0 Å². The lowest BCUT2D eigenvalue weighted by Gasteiger charge is -2.40. The number of hydrogen-bond acceptors (Lipinski definition) is 3. The SMILES string of the molecule is CCCNC1CC(C)CC(C)C1OCCOCCC. The highest BCUT2D eigenvalue weighted by molar-refractivity contribution is 4.88. The predicted molar refractivity (Wildman–Crippen MR) is 80.5 cm³/mol. The molecular weight excluding hydrogens is 238 g/mol. The van der Waals surface area contributed by atoms with Gasteiger partial charge in [0, 0.05) is 12.6 Å². The van der Waals surface area contributed by atoms with Crippen molar-refractivity contribution in [3.63, 3.8) is 0 Å². The van der Waals surface area contributed by atoms with Gasteiger partial charge in [-0.2, -0.15) is 0 Å². The molecule has 3 heteroatoms. The van der Waals surface area contributed by atoms with Crippen LogP contribution in [0, 0.1) is 11.8 Å². The summed E-state index contributed by atoms with van der Waals surface area (Å²) in [4.78, 5) is 0. The zero-order valence-electron chi connectivity index (χ0n) is 13.3. The van der Waals surface area contributed by atoms with Crippen LogP contribution in [-0.4, -0.2) is 38.5 Å². The molecule has 0 bridgehead atoms. The van der Waals surface area contributed by atoms with E-state index in [0.29, 0.717) is 18.1 Å². The maximum Gasteiger partial charge on any atom is 0.0754 e. The van der Waals surface area contributed by atoms with Crippen LogP contribution in [0.1, 0.15) is 53.4 Å². The van der Waals surface area contributed by atoms with Gasteiger partial charge in [0.05, 0.1) is 19.3 Å². The number of hydrogen-bond donors (Lipinski definition) is 1. The number of nitrogens with one attached hydrogen (secondary N) is 1. The van der Waals surface area contributed by atoms with E-state index in [-0.39, 0.29) is 0 Å². The van der Waals surface area contributed by atoms with Gasteiger partial charge in [-0.3, -0.25) is 0 Å². The molecule has 0 spiro atoms. The molecule has 19 heavy (non-hydrogen) atoms. The van der Waals surface area contributed by atoms with Crippen molar-refractivity contribution < 1.29 is 9.47 Å². The Morgan fingerprint density at radius 1 is 1.00 bits per heavy atom. The summed E-state index contributed by atoms with van der Waals surface area (Å²) < 4.78 is 11.6. The molecule has 0 saturated heterocycles. The average molecular weight is 271 g/mol. The fourth-order valence-corrected chi connectivity index (χ4v) is 3.13. The highest BCUT2D eigenvalue weighted by Crippen LogP contribution is 2.31. The molecule has 4 atom stereocenters. The van der Waals surface area contributed by atoms with E-state index < -0.39 is 0 Å². The van der Waals surface area contributed by atoms with E-state index >= 15 is 0 Å². The molecule has 0 amide bonds. The van der Waals surface area contributed by atoms with Crippen LogP contribution in [0.2, 0.25) is 0 Å². The summed E-state index contributed by atoms with van der Waals surface area (Å²) in [6.45, 7) is 12.4. The van der Waals surface area contributed by atoms with Crippen LogP contribution >= 0.6 is 0 Å². The summed E-state index contributed by atoms with van der Waals surface area (Å²) in [5.74, 6) is 1.45. The number of ether oxygens (including phenoxy) is 2. The van der Waals surface area contributed by atoms with Gasteiger partial charge in [-0.05, 0) is 44.1 Å². The molecule has 0 heterocycles. The second kappa shape index (κ2) is 9.73. The van der Waals surface area contributed by atoms with Crippen LogP contribution < -0.4 is 5.32 Å². The van der Waals surface area contributed by atoms with Gasteiger partial charge in [-0.1, -0.05) is 27.7 Å². The molecule has 4 unspecified atom stereocenters. The maximum absolute atomic E-state index is 6.11. The predicted octanol–water partition coefficient (Wildman–Crippen LogP) is 3.23. The summed E-state index contributed by atoms with van der Waals surface area (Å²) in [7, 11) is 0. The van der Waals surface area contributed by atoms with Gasteiger partial charge < -0.3 is 14.8 Å². The maximum atomic E-state index is 6.11. The summed E-state index contributed by atoms with van der Waals surface area (Å²) in [5.41, 5.74) is 0. The Balaban J connectivity index is 2.35. The van der Waals surface area contributed by atoms with Gasteiger partial charge in [0.1, 0.15) is 0 Å². The molecule has 0 aliphatic heterocycles. The van der Waals surface area contributed by atoms with Crippen LogP contribution in [0.3, 0.4) is 0 Å². The first kappa shape index (κ1) is 16.9. The second-order valence-electron chi connectivity index (χ2n) is 6.06. The molecular formula is C16H33NO2. The van der Waals surface area contributed by atoms with E-state index in [1.165, 1.54) is 19.3 Å². The van der Waals surface area contributed by atoms with Crippen LogP contribution in [0.15, 0.2) is 0 Å². The second-order valence-corrected chi connectivity index (χ2v) is 6.06. The van der Waals surface area contributed by atoms with E-state index in [0.717, 1.165) is 38.7 Å². The first-order valence-electron chi connectivity index (χ1n) is 8.11. The third-order valence-electron chi connectivity index (χ3n) is 3.93. The lowest BCUT2D eigenvalue weighted by Crippen LogP contribution is -2.49. The van der Waals surface area contributed by atoms with Crippen LogP contribution in [0.4, 0.5) is 0 Å². The first-order valence-corrected chi connectivity index (χ1v) is 8.11. The van der Waals surface area contributed by atoms with E-state index in [1.807, 2.05) is 0 Å². The van der Waals surface area contributed by atoms with Crippen molar-refractivity contribution in [2.45, 2.75) is 65.5 Å². The molecule has 0 aromatic heterocycles. The van der Waals surface area contributed by atoms with Gasteiger partial charge >= 0.3 is 0 Å². The van der Waals surface area contributed by atoms with E-state index in [1.54, 1.807) is 0 Å². The van der Waals surface area contributed by atoms with Crippen molar-refractivity contribution in [2.75, 3.05) is 26.4 Å². The lowest BCUT2D eigenvalue weighted by atomic mass is 9.78. The van der Waals surface area contributed by atoms with Gasteiger partial charge in [0.2, 0.25) is 0 Å². The first-order chi connectivity index (χ1) is 9.19. The molecule has 1 rings (SSSR count). The summed E-state index contributed by atoms with van der Waals surface area (Å²) in [5, 5.41) is 3.67. The normalized spacial score (nSPS) is 31.6. The molecule has 1 saturated carbocycles. The van der Waals surface area contributed by atoms with E-state index in [4.69, 9.17) is 9.47 Å². The van der Waals surface area contributed by atoms with E-state index in [2.05, 4.69) is 33.0 Å². The monoisotopic (exact) mass is 271 g/mol. The smallest absolute Gasteiger partial charge is 0.0754 e. The average Bonchev–Trinajstić information content (AvgIpc) is 2.38. The molecule has 1 fully saturated rings. The fraction of sp³-hybridized carbons (Fsp3) is 1.00. The third-order valence-corrected chi connectivity index (χ3v) is 3.93. The van der Waals surface area contributed by atoms with Crippen molar-refractivity contribution >= 4 is 0 Å². The van der Waals surface area contributed by atoms with Gasteiger partial charge in [0.25, 0.3) is 0 Å². The van der Waals surface area contributed by atoms with Gasteiger partial charge in [-0.15, -0.1) is 0 Å². The molecule has 0 aromatic carbocycles.